The number of amides is 1. The maximum atomic E-state index is 12.3. The molecule has 2 N–H and O–H groups in total. The maximum absolute atomic E-state index is 12.3. The zero-order chi connectivity index (χ0) is 26.1. The summed E-state index contributed by atoms with van der Waals surface area (Å²) >= 11 is 5.88. The van der Waals surface area contributed by atoms with Crippen LogP contribution in [0.1, 0.15) is 74.8 Å². The van der Waals surface area contributed by atoms with Crippen molar-refractivity contribution in [2.75, 3.05) is 37.6 Å². The Morgan fingerprint density at radius 2 is 2.03 bits per heavy atom. The molecule has 6 rings (SSSR count). The molecule has 7 nitrogen and oxygen atoms in total. The number of pyridine rings is 1. The number of hydrogen-bond acceptors (Lipinski definition) is 6. The normalized spacial score (nSPS) is 31.4. The topological polar surface area (TPSA) is 84.3 Å². The van der Waals surface area contributed by atoms with Crippen molar-refractivity contribution in [1.29, 1.82) is 5.26 Å². The quantitative estimate of drug-likeness (QED) is 0.586. The minimum Gasteiger partial charge on any atom is -0.355 e. The number of aromatic nitrogens is 1. The molecule has 3 saturated heterocycles. The van der Waals surface area contributed by atoms with Crippen LogP contribution in [0.15, 0.2) is 11.6 Å². The highest BCUT2D eigenvalue weighted by molar-refractivity contribution is 6.41. The Balaban J connectivity index is 1.39. The van der Waals surface area contributed by atoms with Gasteiger partial charge in [-0.25, -0.2) is 4.98 Å². The van der Waals surface area contributed by atoms with Crippen molar-refractivity contribution in [3.63, 3.8) is 0 Å². The first-order chi connectivity index (χ1) is 17.6. The van der Waals surface area contributed by atoms with Crippen LogP contribution in [-0.2, 0) is 17.6 Å². The summed E-state index contributed by atoms with van der Waals surface area (Å²) in [5, 5.41) is 10.8. The number of hydrogen-bond donors (Lipinski definition) is 2. The third kappa shape index (κ3) is 4.16. The fourth-order valence-corrected chi connectivity index (χ4v) is 8.15. The monoisotopic (exact) mass is 522 g/mol. The third-order valence-electron chi connectivity index (χ3n) is 10.0. The molecule has 1 aromatic rings. The van der Waals surface area contributed by atoms with Crippen LogP contribution in [0.3, 0.4) is 0 Å². The predicted molar refractivity (Wildman–Crippen MR) is 145 cm³/mol. The van der Waals surface area contributed by atoms with Crippen molar-refractivity contribution in [3.05, 3.63) is 34.0 Å². The molecule has 4 heterocycles. The van der Waals surface area contributed by atoms with Gasteiger partial charge in [0.15, 0.2) is 0 Å². The van der Waals surface area contributed by atoms with Crippen LogP contribution in [0.25, 0.3) is 0 Å². The average molecular weight is 523 g/mol. The van der Waals surface area contributed by atoms with Crippen molar-refractivity contribution in [3.8, 4) is 6.07 Å². The second-order valence-electron chi connectivity index (χ2n) is 13.2. The summed E-state index contributed by atoms with van der Waals surface area (Å²) in [6, 6.07) is 3.14. The molecule has 1 saturated carbocycles. The Morgan fingerprint density at radius 1 is 1.24 bits per heavy atom. The largest absolute Gasteiger partial charge is 0.355 e. The van der Waals surface area contributed by atoms with E-state index in [1.165, 1.54) is 29.7 Å². The Hall–Kier alpha value is -2.14. The number of hydrazine groups is 1. The number of nitrogens with one attached hydrogen (secondary N) is 2. The first-order valence-corrected chi connectivity index (χ1v) is 14.3. The lowest BCUT2D eigenvalue weighted by Crippen LogP contribution is -2.59. The van der Waals surface area contributed by atoms with Crippen LogP contribution in [-0.4, -0.2) is 54.6 Å². The van der Waals surface area contributed by atoms with Crippen LogP contribution in [0.5, 0.6) is 0 Å². The molecule has 0 bridgehead atoms. The number of fused-ring (bicyclic) bond motifs is 2. The first kappa shape index (κ1) is 25.2. The van der Waals surface area contributed by atoms with Gasteiger partial charge in [0.2, 0.25) is 0 Å². The summed E-state index contributed by atoms with van der Waals surface area (Å²) in [5.74, 6) is 2.09. The molecule has 3 aliphatic heterocycles. The molecule has 2 aliphatic carbocycles. The molecule has 5 aliphatic rings. The van der Waals surface area contributed by atoms with Crippen molar-refractivity contribution in [1.82, 2.24) is 20.7 Å². The van der Waals surface area contributed by atoms with Gasteiger partial charge in [-0.05, 0) is 72.8 Å². The number of carbonyl (C=O) groups is 1. The molecule has 37 heavy (non-hydrogen) atoms. The zero-order valence-corrected chi connectivity index (χ0v) is 23.1. The second kappa shape index (κ2) is 8.97. The summed E-state index contributed by atoms with van der Waals surface area (Å²) < 4.78 is 0. The molecule has 1 aromatic heterocycles. The Labute approximate surface area is 225 Å². The lowest BCUT2D eigenvalue weighted by atomic mass is 9.64. The van der Waals surface area contributed by atoms with Crippen molar-refractivity contribution in [2.24, 2.45) is 22.7 Å². The standard InChI is InChI=1S/C29H39ClN6O/c1-17-5-6-22-21(13-32-34-22)24(17)25-19-7-8-28(3,4)11-23(19)33-26(20(25)12-31)35-10-9-29(14-35)15-36(16-29)27(37)18(2)30/h17,21-22,24,32,34H,2,5-11,13-16H2,1,3-4H3. The second-order valence-corrected chi connectivity index (χ2v) is 13.7. The van der Waals surface area contributed by atoms with E-state index in [9.17, 15) is 10.1 Å². The number of rotatable bonds is 3. The van der Waals surface area contributed by atoms with E-state index in [0.29, 0.717) is 36.9 Å². The van der Waals surface area contributed by atoms with E-state index >= 15 is 0 Å². The molecule has 4 atom stereocenters. The van der Waals surface area contributed by atoms with Crippen molar-refractivity contribution >= 4 is 23.3 Å². The van der Waals surface area contributed by atoms with Gasteiger partial charge in [-0.15, -0.1) is 0 Å². The van der Waals surface area contributed by atoms with Gasteiger partial charge in [0.05, 0.1) is 10.6 Å². The van der Waals surface area contributed by atoms with Gasteiger partial charge >= 0.3 is 0 Å². The Morgan fingerprint density at radius 3 is 2.76 bits per heavy atom. The molecule has 1 spiro atoms. The number of nitrogens with zero attached hydrogens (tertiary/aromatic N) is 4. The summed E-state index contributed by atoms with van der Waals surface area (Å²) in [6.45, 7) is 14.7. The fraction of sp³-hybridized carbons (Fsp3) is 0.690. The van der Waals surface area contributed by atoms with Gasteiger partial charge in [0.1, 0.15) is 11.9 Å². The fourth-order valence-electron chi connectivity index (χ4n) is 8.03. The van der Waals surface area contributed by atoms with Gasteiger partial charge < -0.3 is 9.80 Å². The van der Waals surface area contributed by atoms with Gasteiger partial charge in [-0.3, -0.25) is 15.6 Å². The molecule has 4 unspecified atom stereocenters. The summed E-state index contributed by atoms with van der Waals surface area (Å²) in [5.41, 5.74) is 11.9. The highest BCUT2D eigenvalue weighted by atomic mass is 35.5. The smallest absolute Gasteiger partial charge is 0.264 e. The maximum Gasteiger partial charge on any atom is 0.264 e. The minimum absolute atomic E-state index is 0.0499. The van der Waals surface area contributed by atoms with Gasteiger partial charge in [-0.2, -0.15) is 5.26 Å². The predicted octanol–water partition coefficient (Wildman–Crippen LogP) is 3.87. The molecule has 4 fully saturated rings. The number of anilines is 1. The minimum atomic E-state index is -0.167. The highest BCUT2D eigenvalue weighted by Crippen LogP contribution is 2.50. The lowest BCUT2D eigenvalue weighted by Gasteiger charge is -2.48. The summed E-state index contributed by atoms with van der Waals surface area (Å²) in [6.07, 6.45) is 6.44. The van der Waals surface area contributed by atoms with E-state index in [4.69, 9.17) is 16.6 Å². The number of halogens is 1. The van der Waals surface area contributed by atoms with Crippen LogP contribution in [0, 0.1) is 34.0 Å². The van der Waals surface area contributed by atoms with Crippen LogP contribution >= 0.6 is 11.6 Å². The molecule has 198 valence electrons. The van der Waals surface area contributed by atoms with E-state index in [1.807, 2.05) is 0 Å². The Bertz CT molecular complexity index is 1180. The van der Waals surface area contributed by atoms with E-state index < -0.39 is 0 Å². The molecule has 0 radical (unpaired) electrons. The lowest BCUT2D eigenvalue weighted by molar-refractivity contribution is -0.137. The van der Waals surface area contributed by atoms with Crippen molar-refractivity contribution < 1.29 is 4.79 Å². The molecule has 0 aromatic carbocycles. The molecular formula is C29H39ClN6O. The zero-order valence-electron chi connectivity index (χ0n) is 22.4. The van der Waals surface area contributed by atoms with E-state index in [-0.39, 0.29) is 21.8 Å². The van der Waals surface area contributed by atoms with E-state index in [1.54, 1.807) is 4.90 Å². The number of carbonyl (C=O) groups excluding carboxylic acids is 1. The van der Waals surface area contributed by atoms with Crippen LogP contribution < -0.4 is 15.8 Å². The third-order valence-corrected chi connectivity index (χ3v) is 10.2. The Kier molecular flexibility index (Phi) is 6.10. The van der Waals surface area contributed by atoms with Gasteiger partial charge in [-0.1, -0.05) is 39.0 Å². The van der Waals surface area contributed by atoms with E-state index in [2.05, 4.69) is 49.2 Å². The SMILES string of the molecule is C=C(Cl)C(=O)N1CC2(CCN(c3nc4c(c(C5C(C)CCC6NNCC65)c3C#N)CCC(C)(C)C4)C2)C1. The average Bonchev–Trinajstić information content (AvgIpc) is 3.48. The molecule has 8 heteroatoms. The highest BCUT2D eigenvalue weighted by Gasteiger charge is 2.51. The molecular weight excluding hydrogens is 484 g/mol. The van der Waals surface area contributed by atoms with Crippen LogP contribution in [0.4, 0.5) is 5.82 Å². The number of nitriles is 1. The van der Waals surface area contributed by atoms with Gasteiger partial charge in [0, 0.05) is 49.9 Å². The summed E-state index contributed by atoms with van der Waals surface area (Å²) in [7, 11) is 0. The van der Waals surface area contributed by atoms with E-state index in [0.717, 1.165) is 56.7 Å². The van der Waals surface area contributed by atoms with Gasteiger partial charge in [0.25, 0.3) is 5.91 Å². The first-order valence-electron chi connectivity index (χ1n) is 13.9. The number of likely N-dealkylation sites (tertiary alicyclic amines) is 1. The molecule has 1 amide bonds. The summed E-state index contributed by atoms with van der Waals surface area (Å²) in [4.78, 5) is 21.7. The van der Waals surface area contributed by atoms with Crippen molar-refractivity contribution in [2.45, 2.75) is 71.3 Å². The van der Waals surface area contributed by atoms with Crippen LogP contribution in [0.2, 0.25) is 0 Å².